The SMILES string of the molecule is Cc1ccc2c(c1)NC(c1ccc3nc[nH]c3c1)CO2. The first-order chi connectivity index (χ1) is 9.79. The van der Waals surface area contributed by atoms with Gasteiger partial charge in [-0.25, -0.2) is 4.98 Å². The fourth-order valence-electron chi connectivity index (χ4n) is 2.63. The minimum Gasteiger partial charge on any atom is -0.489 e. The summed E-state index contributed by atoms with van der Waals surface area (Å²) in [5.74, 6) is 0.925. The van der Waals surface area contributed by atoms with E-state index in [9.17, 15) is 0 Å². The van der Waals surface area contributed by atoms with Crippen LogP contribution in [0, 0.1) is 6.92 Å². The molecule has 2 heterocycles. The molecule has 4 heteroatoms. The Morgan fingerprint density at radius 1 is 1.20 bits per heavy atom. The number of hydrogen-bond donors (Lipinski definition) is 2. The normalized spacial score (nSPS) is 17.4. The van der Waals surface area contributed by atoms with Crippen LogP contribution in [0.4, 0.5) is 5.69 Å². The Bertz CT molecular complexity index is 778. The van der Waals surface area contributed by atoms with Gasteiger partial charge in [-0.3, -0.25) is 0 Å². The predicted molar refractivity (Wildman–Crippen MR) is 79.1 cm³/mol. The number of ether oxygens (including phenoxy) is 1. The van der Waals surface area contributed by atoms with Gasteiger partial charge < -0.3 is 15.0 Å². The van der Waals surface area contributed by atoms with E-state index in [1.807, 2.05) is 12.1 Å². The quantitative estimate of drug-likeness (QED) is 0.709. The summed E-state index contributed by atoms with van der Waals surface area (Å²) in [5, 5.41) is 3.55. The van der Waals surface area contributed by atoms with Crippen molar-refractivity contribution in [3.8, 4) is 5.75 Å². The molecule has 0 bridgehead atoms. The third kappa shape index (κ3) is 1.81. The molecule has 0 spiro atoms. The Balaban J connectivity index is 1.69. The lowest BCUT2D eigenvalue weighted by Gasteiger charge is -2.28. The zero-order valence-corrected chi connectivity index (χ0v) is 11.2. The number of H-pyrrole nitrogens is 1. The molecule has 2 aromatic carbocycles. The number of rotatable bonds is 1. The van der Waals surface area contributed by atoms with E-state index in [-0.39, 0.29) is 6.04 Å². The van der Waals surface area contributed by atoms with E-state index in [0.717, 1.165) is 22.5 Å². The molecule has 1 atom stereocenters. The van der Waals surface area contributed by atoms with Crippen LogP contribution >= 0.6 is 0 Å². The monoisotopic (exact) mass is 265 g/mol. The number of aryl methyl sites for hydroxylation is 1. The molecule has 0 fully saturated rings. The highest BCUT2D eigenvalue weighted by molar-refractivity contribution is 5.75. The van der Waals surface area contributed by atoms with Crippen molar-refractivity contribution in [2.24, 2.45) is 0 Å². The van der Waals surface area contributed by atoms with Crippen molar-refractivity contribution in [2.45, 2.75) is 13.0 Å². The van der Waals surface area contributed by atoms with Crippen LogP contribution < -0.4 is 10.1 Å². The molecule has 0 saturated carbocycles. The van der Waals surface area contributed by atoms with Crippen molar-refractivity contribution in [1.29, 1.82) is 0 Å². The van der Waals surface area contributed by atoms with Gasteiger partial charge in [0.15, 0.2) is 0 Å². The number of nitrogens with zero attached hydrogens (tertiary/aromatic N) is 1. The number of hydrogen-bond acceptors (Lipinski definition) is 3. The Morgan fingerprint density at radius 2 is 2.15 bits per heavy atom. The Labute approximate surface area is 116 Å². The lowest BCUT2D eigenvalue weighted by atomic mass is 10.0. The lowest BCUT2D eigenvalue weighted by molar-refractivity contribution is 0.286. The van der Waals surface area contributed by atoms with Crippen molar-refractivity contribution in [1.82, 2.24) is 9.97 Å². The van der Waals surface area contributed by atoms with Crippen LogP contribution in [0.1, 0.15) is 17.2 Å². The Kier molecular flexibility index (Phi) is 2.42. The number of imidazole rings is 1. The number of benzene rings is 2. The topological polar surface area (TPSA) is 49.9 Å². The molecule has 1 unspecified atom stereocenters. The zero-order valence-electron chi connectivity index (χ0n) is 11.2. The Morgan fingerprint density at radius 3 is 3.10 bits per heavy atom. The smallest absolute Gasteiger partial charge is 0.142 e. The number of fused-ring (bicyclic) bond motifs is 2. The van der Waals surface area contributed by atoms with Crippen molar-refractivity contribution in [2.75, 3.05) is 11.9 Å². The lowest BCUT2D eigenvalue weighted by Crippen LogP contribution is -2.23. The highest BCUT2D eigenvalue weighted by atomic mass is 16.5. The van der Waals surface area contributed by atoms with Gasteiger partial charge >= 0.3 is 0 Å². The van der Waals surface area contributed by atoms with E-state index in [1.54, 1.807) is 6.33 Å². The van der Waals surface area contributed by atoms with E-state index >= 15 is 0 Å². The summed E-state index contributed by atoms with van der Waals surface area (Å²) in [4.78, 5) is 7.39. The molecule has 1 aliphatic heterocycles. The van der Waals surface area contributed by atoms with Gasteiger partial charge in [-0.15, -0.1) is 0 Å². The molecule has 1 aliphatic rings. The average molecular weight is 265 g/mol. The summed E-state index contributed by atoms with van der Waals surface area (Å²) in [7, 11) is 0. The maximum Gasteiger partial charge on any atom is 0.142 e. The third-order valence-electron chi connectivity index (χ3n) is 3.72. The van der Waals surface area contributed by atoms with Crippen molar-refractivity contribution in [3.05, 3.63) is 53.9 Å². The molecular weight excluding hydrogens is 250 g/mol. The van der Waals surface area contributed by atoms with Crippen LogP contribution in [0.5, 0.6) is 5.75 Å². The average Bonchev–Trinajstić information content (AvgIpc) is 2.93. The summed E-state index contributed by atoms with van der Waals surface area (Å²) in [6, 6.07) is 12.6. The molecule has 0 radical (unpaired) electrons. The fraction of sp³-hybridized carbons (Fsp3) is 0.188. The first-order valence-electron chi connectivity index (χ1n) is 6.72. The van der Waals surface area contributed by atoms with Gasteiger partial charge in [0.2, 0.25) is 0 Å². The third-order valence-corrected chi connectivity index (χ3v) is 3.72. The van der Waals surface area contributed by atoms with Crippen molar-refractivity contribution >= 4 is 16.7 Å². The van der Waals surface area contributed by atoms with Crippen LogP contribution in [0.15, 0.2) is 42.7 Å². The molecule has 1 aromatic heterocycles. The molecule has 3 aromatic rings. The second-order valence-corrected chi connectivity index (χ2v) is 5.19. The van der Waals surface area contributed by atoms with Crippen molar-refractivity contribution < 1.29 is 4.74 Å². The van der Waals surface area contributed by atoms with Gasteiger partial charge in [-0.1, -0.05) is 12.1 Å². The second-order valence-electron chi connectivity index (χ2n) is 5.19. The van der Waals surface area contributed by atoms with E-state index in [4.69, 9.17) is 4.74 Å². The van der Waals surface area contributed by atoms with Gasteiger partial charge in [-0.05, 0) is 42.3 Å². The van der Waals surface area contributed by atoms with Gasteiger partial charge in [0, 0.05) is 0 Å². The van der Waals surface area contributed by atoms with Crippen LogP contribution in [0.25, 0.3) is 11.0 Å². The molecule has 2 N–H and O–H groups in total. The number of anilines is 1. The van der Waals surface area contributed by atoms with Gasteiger partial charge in [0.05, 0.1) is 29.1 Å². The molecule has 4 rings (SSSR count). The summed E-state index contributed by atoms with van der Waals surface area (Å²) in [6.45, 7) is 2.72. The summed E-state index contributed by atoms with van der Waals surface area (Å²) in [5.41, 5.74) is 5.53. The van der Waals surface area contributed by atoms with E-state index in [2.05, 4.69) is 46.5 Å². The molecule has 4 nitrogen and oxygen atoms in total. The number of nitrogens with one attached hydrogen (secondary N) is 2. The molecule has 0 saturated heterocycles. The van der Waals surface area contributed by atoms with Crippen LogP contribution in [-0.4, -0.2) is 16.6 Å². The first kappa shape index (κ1) is 11.3. The Hall–Kier alpha value is -2.49. The van der Waals surface area contributed by atoms with Crippen LogP contribution in [0.3, 0.4) is 0 Å². The fourth-order valence-corrected chi connectivity index (χ4v) is 2.63. The number of aromatic amines is 1. The van der Waals surface area contributed by atoms with Crippen LogP contribution in [-0.2, 0) is 0 Å². The molecule has 20 heavy (non-hydrogen) atoms. The second kappa shape index (κ2) is 4.27. The molecule has 100 valence electrons. The molecule has 0 amide bonds. The zero-order chi connectivity index (χ0) is 13.5. The summed E-state index contributed by atoms with van der Waals surface area (Å²) < 4.78 is 5.85. The van der Waals surface area contributed by atoms with Crippen LogP contribution in [0.2, 0.25) is 0 Å². The van der Waals surface area contributed by atoms with Crippen molar-refractivity contribution in [3.63, 3.8) is 0 Å². The van der Waals surface area contributed by atoms with Gasteiger partial charge in [0.1, 0.15) is 12.4 Å². The predicted octanol–water partition coefficient (Wildman–Crippen LogP) is 3.42. The molecular formula is C16H15N3O. The van der Waals surface area contributed by atoms with Gasteiger partial charge in [-0.2, -0.15) is 0 Å². The van der Waals surface area contributed by atoms with E-state index in [1.165, 1.54) is 11.1 Å². The largest absolute Gasteiger partial charge is 0.489 e. The minimum absolute atomic E-state index is 0.164. The summed E-state index contributed by atoms with van der Waals surface area (Å²) >= 11 is 0. The van der Waals surface area contributed by atoms with Gasteiger partial charge in [0.25, 0.3) is 0 Å². The standard InChI is InChI=1S/C16H15N3O/c1-10-2-5-16-14(6-10)19-15(8-20-16)11-3-4-12-13(7-11)18-9-17-12/h2-7,9,15,19H,8H2,1H3,(H,17,18). The summed E-state index contributed by atoms with van der Waals surface area (Å²) in [6.07, 6.45) is 1.72. The van der Waals surface area contributed by atoms with E-state index in [0.29, 0.717) is 6.61 Å². The maximum absolute atomic E-state index is 5.85. The highest BCUT2D eigenvalue weighted by Crippen LogP contribution is 2.34. The first-order valence-corrected chi connectivity index (χ1v) is 6.72. The number of aromatic nitrogens is 2. The minimum atomic E-state index is 0.164. The van der Waals surface area contributed by atoms with E-state index < -0.39 is 0 Å². The molecule has 0 aliphatic carbocycles. The maximum atomic E-state index is 5.85. The highest BCUT2D eigenvalue weighted by Gasteiger charge is 2.20.